The molecule has 0 bridgehead atoms. The van der Waals surface area contributed by atoms with Gasteiger partial charge in [-0.3, -0.25) is 5.32 Å². The van der Waals surface area contributed by atoms with Crippen molar-refractivity contribution >= 4 is 49.9 Å². The molecule has 1 aliphatic rings. The number of hydrogen-bond donors (Lipinski definition) is 3. The minimum Gasteiger partial charge on any atom is -0.480 e. The fourth-order valence-electron chi connectivity index (χ4n) is 3.83. The van der Waals surface area contributed by atoms with Gasteiger partial charge < -0.3 is 15.1 Å². The van der Waals surface area contributed by atoms with Crippen LogP contribution in [-0.4, -0.2) is 65.5 Å². The number of benzene rings is 1. The number of rotatable bonds is 7. The van der Waals surface area contributed by atoms with Crippen LogP contribution in [0.5, 0.6) is 0 Å². The highest BCUT2D eigenvalue weighted by molar-refractivity contribution is 7.90. The Labute approximate surface area is 195 Å². The number of nitrogens with zero attached hydrogens (tertiary/aromatic N) is 2. The number of aliphatic hydroxyl groups excluding tert-OH is 1. The van der Waals surface area contributed by atoms with E-state index < -0.39 is 34.5 Å². The van der Waals surface area contributed by atoms with Gasteiger partial charge >= 0.3 is 12.0 Å². The van der Waals surface area contributed by atoms with Crippen LogP contribution in [0, 0.1) is 6.92 Å². The molecule has 1 fully saturated rings. The van der Waals surface area contributed by atoms with Crippen molar-refractivity contribution < 1.29 is 28.2 Å². The van der Waals surface area contributed by atoms with Gasteiger partial charge in [-0.25, -0.2) is 23.0 Å². The second kappa shape index (κ2) is 9.74. The third-order valence-corrected chi connectivity index (χ3v) is 8.05. The first-order valence-corrected chi connectivity index (χ1v) is 13.0. The van der Waals surface area contributed by atoms with E-state index in [0.717, 1.165) is 30.4 Å². The van der Waals surface area contributed by atoms with Gasteiger partial charge in [0.1, 0.15) is 0 Å². The monoisotopic (exact) mass is 501 g/mol. The average Bonchev–Trinajstić information content (AvgIpc) is 3.35. The number of sulfone groups is 1. The van der Waals surface area contributed by atoms with Gasteiger partial charge in [0.25, 0.3) is 0 Å². The van der Waals surface area contributed by atoms with E-state index in [0.29, 0.717) is 29.0 Å². The lowest BCUT2D eigenvalue weighted by atomic mass is 10.1. The highest BCUT2D eigenvalue weighted by Gasteiger charge is 2.36. The van der Waals surface area contributed by atoms with E-state index in [1.54, 1.807) is 13.0 Å². The lowest BCUT2D eigenvalue weighted by Gasteiger charge is -2.32. The van der Waals surface area contributed by atoms with Crippen LogP contribution in [-0.2, 0) is 14.6 Å². The van der Waals surface area contributed by atoms with Crippen LogP contribution in [0.3, 0.4) is 0 Å². The highest BCUT2D eigenvalue weighted by Crippen LogP contribution is 2.36. The Balaban J connectivity index is 1.90. The van der Waals surface area contributed by atoms with Crippen molar-refractivity contribution in [2.24, 2.45) is 0 Å². The molecule has 0 aliphatic heterocycles. The molecular formula is C20H24ClN3O6S2. The maximum atomic E-state index is 13.0. The Kier molecular flexibility index (Phi) is 7.43. The molecule has 1 heterocycles. The van der Waals surface area contributed by atoms with Crippen LogP contribution >= 0.6 is 22.9 Å². The first-order valence-electron chi connectivity index (χ1n) is 9.93. The molecule has 3 N–H and O–H groups in total. The van der Waals surface area contributed by atoms with Crippen molar-refractivity contribution in [3.05, 3.63) is 28.9 Å². The fraction of sp³-hybridized carbons (Fsp3) is 0.450. The number of nitrogens with one attached hydrogen (secondary N) is 1. The largest absolute Gasteiger partial charge is 0.480 e. The van der Waals surface area contributed by atoms with Crippen LogP contribution in [0.4, 0.5) is 9.93 Å². The molecule has 1 aliphatic carbocycles. The number of anilines is 1. The molecule has 174 valence electrons. The van der Waals surface area contributed by atoms with E-state index >= 15 is 0 Å². The summed E-state index contributed by atoms with van der Waals surface area (Å²) in [6, 6.07) is 2.34. The van der Waals surface area contributed by atoms with Gasteiger partial charge in [-0.15, -0.1) is 0 Å². The van der Waals surface area contributed by atoms with Crippen LogP contribution in [0.25, 0.3) is 10.4 Å². The Morgan fingerprint density at radius 1 is 1.34 bits per heavy atom. The predicted molar refractivity (Wildman–Crippen MR) is 122 cm³/mol. The molecule has 1 unspecified atom stereocenters. The molecule has 0 radical (unpaired) electrons. The molecule has 1 saturated carbocycles. The van der Waals surface area contributed by atoms with Crippen LogP contribution in [0.1, 0.15) is 31.4 Å². The number of carboxylic acids is 1. The summed E-state index contributed by atoms with van der Waals surface area (Å²) >= 11 is 7.16. The van der Waals surface area contributed by atoms with E-state index in [4.69, 9.17) is 11.6 Å². The second-order valence-corrected chi connectivity index (χ2v) is 11.1. The first-order chi connectivity index (χ1) is 15.0. The number of amides is 2. The summed E-state index contributed by atoms with van der Waals surface area (Å²) in [6.45, 7) is 1.03. The predicted octanol–water partition coefficient (Wildman–Crippen LogP) is 3.40. The number of carbonyl (C=O) groups is 2. The number of hydrogen-bond acceptors (Lipinski definition) is 7. The number of aliphatic carboxylic acids is 1. The number of urea groups is 1. The van der Waals surface area contributed by atoms with Gasteiger partial charge in [-0.1, -0.05) is 41.8 Å². The number of thiazole rings is 1. The molecule has 32 heavy (non-hydrogen) atoms. The maximum absolute atomic E-state index is 13.0. The number of halogens is 1. The zero-order valence-corrected chi connectivity index (χ0v) is 19.9. The van der Waals surface area contributed by atoms with Gasteiger partial charge in [0.05, 0.1) is 27.1 Å². The van der Waals surface area contributed by atoms with Crippen LogP contribution < -0.4 is 5.32 Å². The van der Waals surface area contributed by atoms with E-state index in [2.05, 4.69) is 10.3 Å². The minimum absolute atomic E-state index is 0.00490. The van der Waals surface area contributed by atoms with Gasteiger partial charge in [-0.2, -0.15) is 0 Å². The molecule has 2 amide bonds. The normalized spacial score (nSPS) is 15.5. The standard InChI is InChI=1S/C20H24ClN3O6S2/c1-11-17(12-7-8-14(21)16(9-12)32(2,29)30)31-19(22-11)23-20(28)24(13-5-3-4-6-13)15(10-25)18(26)27/h7-9,13,15,25H,3-6,10H2,1-2H3,(H,26,27)(H,22,23,28). The number of carboxylic acid groups (broad SMARTS) is 1. The van der Waals surface area contributed by atoms with E-state index in [-0.39, 0.29) is 21.1 Å². The zero-order valence-electron chi connectivity index (χ0n) is 17.5. The summed E-state index contributed by atoms with van der Waals surface area (Å²) in [5.74, 6) is -1.28. The van der Waals surface area contributed by atoms with E-state index in [1.807, 2.05) is 0 Å². The van der Waals surface area contributed by atoms with Gasteiger partial charge in [0.2, 0.25) is 0 Å². The number of aliphatic hydroxyl groups is 1. The Morgan fingerprint density at radius 3 is 2.56 bits per heavy atom. The van der Waals surface area contributed by atoms with Crippen molar-refractivity contribution in [1.29, 1.82) is 0 Å². The minimum atomic E-state index is -3.53. The molecule has 1 atom stereocenters. The molecular weight excluding hydrogens is 478 g/mol. The van der Waals surface area contributed by atoms with Crippen LogP contribution in [0.15, 0.2) is 23.1 Å². The molecule has 3 rings (SSSR count). The number of aromatic nitrogens is 1. The molecule has 0 spiro atoms. The maximum Gasteiger partial charge on any atom is 0.328 e. The van der Waals surface area contributed by atoms with Gasteiger partial charge in [0.15, 0.2) is 21.0 Å². The molecule has 0 saturated heterocycles. The molecule has 2 aromatic rings. The summed E-state index contributed by atoms with van der Waals surface area (Å²) in [7, 11) is -3.53. The van der Waals surface area contributed by atoms with Crippen molar-refractivity contribution in [2.75, 3.05) is 18.2 Å². The summed E-state index contributed by atoms with van der Waals surface area (Å²) in [6.07, 6.45) is 4.16. The van der Waals surface area contributed by atoms with Gasteiger partial charge in [0, 0.05) is 12.3 Å². The fourth-order valence-corrected chi connectivity index (χ4v) is 6.09. The smallest absolute Gasteiger partial charge is 0.328 e. The van der Waals surface area contributed by atoms with Crippen molar-refractivity contribution in [2.45, 2.75) is 49.6 Å². The van der Waals surface area contributed by atoms with Crippen molar-refractivity contribution in [1.82, 2.24) is 9.88 Å². The third-order valence-electron chi connectivity index (χ3n) is 5.35. The number of carbonyl (C=O) groups excluding carboxylic acids is 1. The third kappa shape index (κ3) is 5.22. The zero-order chi connectivity index (χ0) is 23.6. The summed E-state index contributed by atoms with van der Waals surface area (Å²) in [5.41, 5.74) is 1.15. The van der Waals surface area contributed by atoms with E-state index in [1.165, 1.54) is 17.0 Å². The summed E-state index contributed by atoms with van der Waals surface area (Å²) < 4.78 is 24.0. The lowest BCUT2D eigenvalue weighted by Crippen LogP contribution is -2.53. The quantitative estimate of drug-likeness (QED) is 0.528. The van der Waals surface area contributed by atoms with Crippen molar-refractivity contribution in [3.63, 3.8) is 0 Å². The van der Waals surface area contributed by atoms with Crippen LogP contribution in [0.2, 0.25) is 5.02 Å². The Hall–Kier alpha value is -2.21. The summed E-state index contributed by atoms with van der Waals surface area (Å²) in [4.78, 5) is 30.8. The first kappa shape index (κ1) is 24.4. The topological polar surface area (TPSA) is 137 Å². The molecule has 12 heteroatoms. The highest BCUT2D eigenvalue weighted by atomic mass is 35.5. The lowest BCUT2D eigenvalue weighted by molar-refractivity contribution is -0.144. The number of aryl methyl sites for hydroxylation is 1. The Bertz CT molecular complexity index is 1130. The van der Waals surface area contributed by atoms with Gasteiger partial charge in [-0.05, 0) is 37.5 Å². The molecule has 1 aromatic carbocycles. The van der Waals surface area contributed by atoms with Crippen molar-refractivity contribution in [3.8, 4) is 10.4 Å². The summed E-state index contributed by atoms with van der Waals surface area (Å²) in [5, 5.41) is 22.1. The SMILES string of the molecule is Cc1nc(NC(=O)N(C2CCCC2)C(CO)C(=O)O)sc1-c1ccc(Cl)c(S(C)(=O)=O)c1. The molecule has 9 nitrogen and oxygen atoms in total. The second-order valence-electron chi connectivity index (χ2n) is 7.66. The average molecular weight is 502 g/mol. The molecule has 1 aromatic heterocycles. The Morgan fingerprint density at radius 2 is 2.00 bits per heavy atom. The van der Waals surface area contributed by atoms with E-state index in [9.17, 15) is 28.2 Å².